The zero-order valence-corrected chi connectivity index (χ0v) is 11.1. The molecular formula is C14H19N3O. The predicted octanol–water partition coefficient (Wildman–Crippen LogP) is 2.30. The van der Waals surface area contributed by atoms with Crippen molar-refractivity contribution in [2.75, 3.05) is 5.43 Å². The molecule has 0 amide bonds. The van der Waals surface area contributed by atoms with E-state index < -0.39 is 0 Å². The molecule has 0 aromatic carbocycles. The molecule has 0 fully saturated rings. The number of nitrogens with one attached hydrogen (secondary N) is 1. The van der Waals surface area contributed by atoms with E-state index in [0.29, 0.717) is 5.65 Å². The summed E-state index contributed by atoms with van der Waals surface area (Å²) in [6.07, 6.45) is 3.39. The van der Waals surface area contributed by atoms with Gasteiger partial charge >= 0.3 is 0 Å². The van der Waals surface area contributed by atoms with Crippen LogP contribution in [-0.2, 0) is 6.42 Å². The molecule has 4 heteroatoms. The standard InChI is InChI=1S/C14H19N3O/c1-4-10(3)16-17-13-12(7-6-8-15-13)9-11(5-2)14(17)18/h6-10,16H,4-5H2,1-3H3. The topological polar surface area (TPSA) is 46.9 Å². The SMILES string of the molecule is CCc1cc2cccnc2n(NC(C)CC)c1=O. The Labute approximate surface area is 107 Å². The normalized spacial score (nSPS) is 12.6. The second-order valence-corrected chi connectivity index (χ2v) is 4.52. The number of fused-ring (bicyclic) bond motifs is 1. The van der Waals surface area contributed by atoms with Crippen molar-refractivity contribution in [3.8, 4) is 0 Å². The number of hydrogen-bond donors (Lipinski definition) is 1. The first-order valence-electron chi connectivity index (χ1n) is 6.43. The molecule has 2 aromatic heterocycles. The van der Waals surface area contributed by atoms with Crippen molar-refractivity contribution in [2.24, 2.45) is 0 Å². The van der Waals surface area contributed by atoms with Gasteiger partial charge in [-0.25, -0.2) is 9.66 Å². The van der Waals surface area contributed by atoms with Gasteiger partial charge in [0, 0.05) is 23.2 Å². The molecule has 0 bridgehead atoms. The van der Waals surface area contributed by atoms with E-state index in [1.807, 2.05) is 25.1 Å². The zero-order valence-electron chi connectivity index (χ0n) is 11.1. The van der Waals surface area contributed by atoms with Gasteiger partial charge in [-0.2, -0.15) is 0 Å². The lowest BCUT2D eigenvalue weighted by Crippen LogP contribution is -2.36. The van der Waals surface area contributed by atoms with Crippen LogP contribution in [0.1, 0.15) is 32.8 Å². The first kappa shape index (κ1) is 12.6. The second kappa shape index (κ2) is 5.21. The van der Waals surface area contributed by atoms with E-state index in [4.69, 9.17) is 0 Å². The predicted molar refractivity (Wildman–Crippen MR) is 74.5 cm³/mol. The van der Waals surface area contributed by atoms with Crippen LogP contribution in [0.3, 0.4) is 0 Å². The fourth-order valence-electron chi connectivity index (χ4n) is 1.88. The van der Waals surface area contributed by atoms with Crippen molar-refractivity contribution in [1.29, 1.82) is 0 Å². The van der Waals surface area contributed by atoms with E-state index in [1.54, 1.807) is 10.9 Å². The molecule has 1 atom stereocenters. The van der Waals surface area contributed by atoms with E-state index in [0.717, 1.165) is 23.8 Å². The Hall–Kier alpha value is -1.84. The Morgan fingerprint density at radius 3 is 2.89 bits per heavy atom. The van der Waals surface area contributed by atoms with Crippen LogP contribution >= 0.6 is 0 Å². The molecule has 0 spiro atoms. The third kappa shape index (κ3) is 2.23. The second-order valence-electron chi connectivity index (χ2n) is 4.52. The van der Waals surface area contributed by atoms with Crippen LogP contribution in [0, 0.1) is 0 Å². The van der Waals surface area contributed by atoms with Crippen LogP contribution < -0.4 is 11.0 Å². The summed E-state index contributed by atoms with van der Waals surface area (Å²) in [4.78, 5) is 16.6. The van der Waals surface area contributed by atoms with Crippen molar-refractivity contribution in [2.45, 2.75) is 39.7 Å². The van der Waals surface area contributed by atoms with Gasteiger partial charge in [0.05, 0.1) is 0 Å². The molecule has 4 nitrogen and oxygen atoms in total. The van der Waals surface area contributed by atoms with Gasteiger partial charge < -0.3 is 5.43 Å². The summed E-state index contributed by atoms with van der Waals surface area (Å²) in [6.45, 7) is 6.13. The van der Waals surface area contributed by atoms with Crippen molar-refractivity contribution in [3.63, 3.8) is 0 Å². The fraction of sp³-hybridized carbons (Fsp3) is 0.429. The van der Waals surface area contributed by atoms with Crippen molar-refractivity contribution >= 4 is 11.0 Å². The minimum Gasteiger partial charge on any atom is -0.318 e. The average molecular weight is 245 g/mol. The van der Waals surface area contributed by atoms with Gasteiger partial charge in [-0.3, -0.25) is 4.79 Å². The quantitative estimate of drug-likeness (QED) is 0.899. The van der Waals surface area contributed by atoms with E-state index in [1.165, 1.54) is 0 Å². The average Bonchev–Trinajstić information content (AvgIpc) is 2.41. The number of rotatable bonds is 4. The lowest BCUT2D eigenvalue weighted by Gasteiger charge is -2.17. The summed E-state index contributed by atoms with van der Waals surface area (Å²) >= 11 is 0. The van der Waals surface area contributed by atoms with E-state index in [9.17, 15) is 4.79 Å². The third-order valence-corrected chi connectivity index (χ3v) is 3.18. The molecule has 0 aliphatic heterocycles. The summed E-state index contributed by atoms with van der Waals surface area (Å²) < 4.78 is 1.59. The molecule has 2 rings (SSSR count). The van der Waals surface area contributed by atoms with E-state index >= 15 is 0 Å². The lowest BCUT2D eigenvalue weighted by molar-refractivity contribution is 0.658. The van der Waals surface area contributed by atoms with Gasteiger partial charge in [0.15, 0.2) is 5.65 Å². The molecule has 18 heavy (non-hydrogen) atoms. The minimum atomic E-state index is 0.00370. The van der Waals surface area contributed by atoms with Crippen molar-refractivity contribution in [1.82, 2.24) is 9.66 Å². The van der Waals surface area contributed by atoms with Crippen molar-refractivity contribution in [3.05, 3.63) is 40.3 Å². The molecule has 0 saturated heterocycles. The Bertz CT molecular complexity index is 604. The molecule has 0 aliphatic rings. The summed E-state index contributed by atoms with van der Waals surface area (Å²) in [5.74, 6) is 0. The number of nitrogens with zero attached hydrogens (tertiary/aromatic N) is 2. The molecule has 96 valence electrons. The maximum atomic E-state index is 12.3. The summed E-state index contributed by atoms with van der Waals surface area (Å²) in [6, 6.07) is 6.04. The number of aromatic nitrogens is 2. The molecular weight excluding hydrogens is 226 g/mol. The van der Waals surface area contributed by atoms with Crippen LogP contribution in [0.2, 0.25) is 0 Å². The third-order valence-electron chi connectivity index (χ3n) is 3.18. The number of pyridine rings is 2. The number of hydrogen-bond acceptors (Lipinski definition) is 3. The Morgan fingerprint density at radius 2 is 2.22 bits per heavy atom. The minimum absolute atomic E-state index is 0.00370. The van der Waals surface area contributed by atoms with E-state index in [-0.39, 0.29) is 11.6 Å². The first-order valence-corrected chi connectivity index (χ1v) is 6.43. The van der Waals surface area contributed by atoms with Crippen LogP contribution in [-0.4, -0.2) is 15.7 Å². The maximum absolute atomic E-state index is 12.3. The van der Waals surface area contributed by atoms with Crippen LogP contribution in [0.15, 0.2) is 29.2 Å². The monoisotopic (exact) mass is 245 g/mol. The maximum Gasteiger partial charge on any atom is 0.274 e. The summed E-state index contributed by atoms with van der Waals surface area (Å²) in [5.41, 5.74) is 4.73. The molecule has 1 N–H and O–H groups in total. The van der Waals surface area contributed by atoms with Gasteiger partial charge in [-0.1, -0.05) is 13.8 Å². The highest BCUT2D eigenvalue weighted by Crippen LogP contribution is 2.10. The van der Waals surface area contributed by atoms with Gasteiger partial charge in [-0.15, -0.1) is 0 Å². The van der Waals surface area contributed by atoms with Gasteiger partial charge in [0.1, 0.15) is 0 Å². The van der Waals surface area contributed by atoms with Gasteiger partial charge in [0.2, 0.25) is 0 Å². The highest BCUT2D eigenvalue weighted by Gasteiger charge is 2.10. The lowest BCUT2D eigenvalue weighted by atomic mass is 10.1. The molecule has 1 unspecified atom stereocenters. The molecule has 2 heterocycles. The highest BCUT2D eigenvalue weighted by atomic mass is 16.1. The van der Waals surface area contributed by atoms with Gasteiger partial charge in [0.25, 0.3) is 5.56 Å². The smallest absolute Gasteiger partial charge is 0.274 e. The Kier molecular flexibility index (Phi) is 3.65. The molecule has 0 saturated carbocycles. The van der Waals surface area contributed by atoms with Gasteiger partial charge in [-0.05, 0) is 38.0 Å². The molecule has 0 radical (unpaired) electrons. The number of aryl methyl sites for hydroxylation is 1. The first-order chi connectivity index (χ1) is 8.67. The summed E-state index contributed by atoms with van der Waals surface area (Å²) in [7, 11) is 0. The van der Waals surface area contributed by atoms with Crippen LogP contribution in [0.25, 0.3) is 11.0 Å². The van der Waals surface area contributed by atoms with Crippen LogP contribution in [0.4, 0.5) is 0 Å². The highest BCUT2D eigenvalue weighted by molar-refractivity contribution is 5.75. The molecule has 0 aliphatic carbocycles. The summed E-state index contributed by atoms with van der Waals surface area (Å²) in [5, 5.41) is 0.991. The zero-order chi connectivity index (χ0) is 13.1. The van der Waals surface area contributed by atoms with Crippen LogP contribution in [0.5, 0.6) is 0 Å². The fourth-order valence-corrected chi connectivity index (χ4v) is 1.88. The van der Waals surface area contributed by atoms with E-state index in [2.05, 4.69) is 24.3 Å². The van der Waals surface area contributed by atoms with Crippen molar-refractivity contribution < 1.29 is 0 Å². The Morgan fingerprint density at radius 1 is 1.44 bits per heavy atom. The largest absolute Gasteiger partial charge is 0.318 e. The Balaban J connectivity index is 2.66. The molecule has 2 aromatic rings.